The molecular weight excluding hydrogens is 388 g/mol. The van der Waals surface area contributed by atoms with E-state index in [0.29, 0.717) is 12.3 Å². The Kier molecular flexibility index (Phi) is 4.45. The molecule has 0 saturated heterocycles. The maximum absolute atomic E-state index is 13.4. The summed E-state index contributed by atoms with van der Waals surface area (Å²) in [7, 11) is 0. The Morgan fingerprint density at radius 2 is 1.73 bits per heavy atom. The van der Waals surface area contributed by atoms with E-state index in [9.17, 15) is 4.79 Å². The Morgan fingerprint density at radius 1 is 1.04 bits per heavy atom. The van der Waals surface area contributed by atoms with Crippen LogP contribution in [0.1, 0.15) is 35.5 Å². The number of aromatic nitrogens is 2. The second-order valence-corrected chi connectivity index (χ2v) is 8.05. The van der Waals surface area contributed by atoms with Crippen molar-refractivity contribution in [2.75, 3.05) is 0 Å². The Labute approximate surface area is 160 Å². The highest BCUT2D eigenvalue weighted by molar-refractivity contribution is 9.09. The third-order valence-corrected chi connectivity index (χ3v) is 6.38. The first-order valence-electron chi connectivity index (χ1n) is 8.89. The molecule has 2 aromatic heterocycles. The zero-order valence-corrected chi connectivity index (χ0v) is 16.5. The van der Waals surface area contributed by atoms with Gasteiger partial charge in [-0.15, -0.1) is 0 Å². The van der Waals surface area contributed by atoms with E-state index in [-0.39, 0.29) is 10.4 Å². The largest absolute Gasteiger partial charge is 0.343 e. The van der Waals surface area contributed by atoms with Gasteiger partial charge in [-0.25, -0.2) is 0 Å². The lowest BCUT2D eigenvalue weighted by Gasteiger charge is -2.19. The van der Waals surface area contributed by atoms with E-state index in [1.807, 2.05) is 42.6 Å². The standard InChI is InChI=1S/C22H21BrN2O/c1-14(2)19(23)20-18(12-15-8-4-3-5-9-15)22(26)25-13-16-10-6-7-11-17(16)21(25)24-20/h3-11,13-14,19,24H,12H2,1-2H3. The first-order chi connectivity index (χ1) is 12.6. The van der Waals surface area contributed by atoms with Crippen molar-refractivity contribution < 1.29 is 0 Å². The molecule has 2 heterocycles. The van der Waals surface area contributed by atoms with E-state index in [0.717, 1.165) is 33.2 Å². The van der Waals surface area contributed by atoms with Crippen LogP contribution in [-0.2, 0) is 6.42 Å². The fraction of sp³-hybridized carbons (Fsp3) is 0.227. The van der Waals surface area contributed by atoms with E-state index in [2.05, 4.69) is 53.0 Å². The molecule has 0 saturated carbocycles. The fourth-order valence-corrected chi connectivity index (χ4v) is 3.84. The van der Waals surface area contributed by atoms with Crippen molar-refractivity contribution in [2.24, 2.45) is 5.92 Å². The molecule has 2 aromatic carbocycles. The monoisotopic (exact) mass is 408 g/mol. The molecule has 0 radical (unpaired) electrons. The highest BCUT2D eigenvalue weighted by atomic mass is 79.9. The summed E-state index contributed by atoms with van der Waals surface area (Å²) >= 11 is 3.81. The maximum Gasteiger partial charge on any atom is 0.261 e. The number of hydrogen-bond acceptors (Lipinski definition) is 1. The van der Waals surface area contributed by atoms with Gasteiger partial charge >= 0.3 is 0 Å². The van der Waals surface area contributed by atoms with Crippen LogP contribution in [0.2, 0.25) is 0 Å². The Morgan fingerprint density at radius 3 is 2.46 bits per heavy atom. The molecule has 4 heteroatoms. The summed E-state index contributed by atoms with van der Waals surface area (Å²) in [4.78, 5) is 17.0. The van der Waals surface area contributed by atoms with Crippen LogP contribution < -0.4 is 5.56 Å². The van der Waals surface area contributed by atoms with Crippen LogP contribution in [0.25, 0.3) is 16.4 Å². The van der Waals surface area contributed by atoms with Crippen molar-refractivity contribution >= 4 is 32.3 Å². The molecule has 0 bridgehead atoms. The molecule has 0 aliphatic carbocycles. The predicted molar refractivity (Wildman–Crippen MR) is 111 cm³/mol. The summed E-state index contributed by atoms with van der Waals surface area (Å²) in [5, 5.41) is 2.14. The van der Waals surface area contributed by atoms with Crippen LogP contribution >= 0.6 is 15.9 Å². The molecule has 1 atom stereocenters. The van der Waals surface area contributed by atoms with E-state index < -0.39 is 0 Å². The van der Waals surface area contributed by atoms with E-state index in [1.165, 1.54) is 0 Å². The van der Waals surface area contributed by atoms with Crippen molar-refractivity contribution in [3.05, 3.63) is 88.0 Å². The number of nitrogens with one attached hydrogen (secondary N) is 1. The molecule has 0 aliphatic rings. The van der Waals surface area contributed by atoms with Gasteiger partial charge in [-0.3, -0.25) is 9.20 Å². The van der Waals surface area contributed by atoms with E-state index >= 15 is 0 Å². The minimum Gasteiger partial charge on any atom is -0.343 e. The van der Waals surface area contributed by atoms with Gasteiger partial charge in [0.05, 0.1) is 4.83 Å². The third-order valence-electron chi connectivity index (χ3n) is 4.86. The van der Waals surface area contributed by atoms with Crippen LogP contribution in [-0.4, -0.2) is 9.38 Å². The summed E-state index contributed by atoms with van der Waals surface area (Å²) in [6.07, 6.45) is 2.55. The van der Waals surface area contributed by atoms with Crippen molar-refractivity contribution in [1.82, 2.24) is 9.38 Å². The second-order valence-electron chi connectivity index (χ2n) is 7.07. The second kappa shape index (κ2) is 6.76. The summed E-state index contributed by atoms with van der Waals surface area (Å²) < 4.78 is 1.76. The van der Waals surface area contributed by atoms with Gasteiger partial charge in [0.2, 0.25) is 0 Å². The van der Waals surface area contributed by atoms with Gasteiger partial charge in [-0.2, -0.15) is 0 Å². The average molecular weight is 409 g/mol. The molecule has 0 aliphatic heterocycles. The van der Waals surface area contributed by atoms with Crippen molar-refractivity contribution in [3.63, 3.8) is 0 Å². The molecule has 1 unspecified atom stereocenters. The smallest absolute Gasteiger partial charge is 0.261 e. The molecule has 132 valence electrons. The molecule has 0 spiro atoms. The number of H-pyrrole nitrogens is 1. The maximum atomic E-state index is 13.4. The van der Waals surface area contributed by atoms with Crippen LogP contribution in [0.5, 0.6) is 0 Å². The number of benzene rings is 2. The zero-order valence-electron chi connectivity index (χ0n) is 14.9. The Balaban J connectivity index is 2.01. The van der Waals surface area contributed by atoms with Gasteiger partial charge in [0, 0.05) is 34.6 Å². The average Bonchev–Trinajstić information content (AvgIpc) is 3.03. The zero-order chi connectivity index (χ0) is 18.3. The molecule has 1 N–H and O–H groups in total. The lowest BCUT2D eigenvalue weighted by Crippen LogP contribution is -2.23. The molecule has 0 fully saturated rings. The minimum absolute atomic E-state index is 0.0545. The lowest BCUT2D eigenvalue weighted by molar-refractivity contribution is 0.623. The number of rotatable bonds is 4. The van der Waals surface area contributed by atoms with Crippen LogP contribution in [0.15, 0.2) is 65.6 Å². The van der Waals surface area contributed by atoms with Crippen molar-refractivity contribution in [1.29, 1.82) is 0 Å². The molecule has 0 amide bonds. The van der Waals surface area contributed by atoms with Crippen molar-refractivity contribution in [3.8, 4) is 0 Å². The van der Waals surface area contributed by atoms with Crippen LogP contribution in [0.4, 0.5) is 0 Å². The number of nitrogens with zero attached hydrogens (tertiary/aromatic N) is 1. The fourth-order valence-electron chi connectivity index (χ4n) is 3.45. The summed E-state index contributed by atoms with van der Waals surface area (Å²) in [5.74, 6) is 0.365. The first kappa shape index (κ1) is 17.1. The molecule has 4 rings (SSSR count). The first-order valence-corrected chi connectivity index (χ1v) is 9.80. The Bertz CT molecular complexity index is 1130. The van der Waals surface area contributed by atoms with Crippen molar-refractivity contribution in [2.45, 2.75) is 25.1 Å². The number of alkyl halides is 1. The van der Waals surface area contributed by atoms with E-state index in [1.54, 1.807) is 4.40 Å². The highest BCUT2D eigenvalue weighted by Crippen LogP contribution is 2.32. The SMILES string of the molecule is CC(C)C(Br)c1[nH]c2c3ccccc3cn2c(=O)c1Cc1ccccc1. The molecule has 3 nitrogen and oxygen atoms in total. The van der Waals surface area contributed by atoms with E-state index in [4.69, 9.17) is 0 Å². The van der Waals surface area contributed by atoms with Gasteiger partial charge < -0.3 is 4.98 Å². The topological polar surface area (TPSA) is 37.3 Å². The third kappa shape index (κ3) is 2.88. The summed E-state index contributed by atoms with van der Waals surface area (Å²) in [5.41, 5.74) is 3.85. The number of fused-ring (bicyclic) bond motifs is 3. The number of halogens is 1. The van der Waals surface area contributed by atoms with Crippen LogP contribution in [0, 0.1) is 5.92 Å². The summed E-state index contributed by atoms with van der Waals surface area (Å²) in [6, 6.07) is 18.3. The van der Waals surface area contributed by atoms with Gasteiger partial charge in [0.1, 0.15) is 5.65 Å². The number of aromatic amines is 1. The normalized spacial score (nSPS) is 12.9. The number of hydrogen-bond donors (Lipinski definition) is 1. The Hall–Kier alpha value is -2.33. The molecule has 4 aromatic rings. The van der Waals surface area contributed by atoms with Crippen LogP contribution in [0.3, 0.4) is 0 Å². The van der Waals surface area contributed by atoms with Gasteiger partial charge in [0.15, 0.2) is 0 Å². The minimum atomic E-state index is 0.0545. The molecule has 26 heavy (non-hydrogen) atoms. The molecular formula is C22H21BrN2O. The lowest BCUT2D eigenvalue weighted by atomic mass is 9.99. The summed E-state index contributed by atoms with van der Waals surface area (Å²) in [6.45, 7) is 4.31. The highest BCUT2D eigenvalue weighted by Gasteiger charge is 2.22. The predicted octanol–water partition coefficient (Wildman–Crippen LogP) is 5.46. The van der Waals surface area contributed by atoms with Gasteiger partial charge in [0.25, 0.3) is 5.56 Å². The van der Waals surface area contributed by atoms with Gasteiger partial charge in [-0.1, -0.05) is 84.4 Å². The quantitative estimate of drug-likeness (QED) is 0.447. The van der Waals surface area contributed by atoms with Gasteiger partial charge in [-0.05, 0) is 11.5 Å².